The Morgan fingerprint density at radius 1 is 1.53 bits per heavy atom. The van der Waals surface area contributed by atoms with Gasteiger partial charge in [-0.25, -0.2) is 8.42 Å². The zero-order valence-corrected chi connectivity index (χ0v) is 14.0. The minimum Gasteiger partial charge on any atom is -0.229 e. The maximum absolute atomic E-state index is 11.5. The van der Waals surface area contributed by atoms with Gasteiger partial charge in [0, 0.05) is 14.7 Å². The summed E-state index contributed by atoms with van der Waals surface area (Å²) in [5.41, 5.74) is 0. The van der Waals surface area contributed by atoms with Gasteiger partial charge in [0.2, 0.25) is 0 Å². The molecule has 0 aliphatic carbocycles. The van der Waals surface area contributed by atoms with Crippen LogP contribution >= 0.6 is 43.2 Å². The fourth-order valence-electron chi connectivity index (χ4n) is 2.25. The van der Waals surface area contributed by atoms with E-state index in [4.69, 9.17) is 0 Å². The van der Waals surface area contributed by atoms with Crippen LogP contribution in [0.3, 0.4) is 0 Å². The summed E-state index contributed by atoms with van der Waals surface area (Å²) < 4.78 is 24.2. The second kappa shape index (κ2) is 5.72. The Bertz CT molecular complexity index is 481. The number of alkyl halides is 1. The van der Waals surface area contributed by atoms with Gasteiger partial charge in [-0.05, 0) is 52.1 Å². The highest BCUT2D eigenvalue weighted by Crippen LogP contribution is 2.33. The first kappa shape index (κ1) is 14.0. The quantitative estimate of drug-likeness (QED) is 0.723. The van der Waals surface area contributed by atoms with Gasteiger partial charge in [0.1, 0.15) is 0 Å². The molecule has 1 aliphatic rings. The highest BCUT2D eigenvalue weighted by atomic mass is 79.9. The van der Waals surface area contributed by atoms with Crippen molar-refractivity contribution < 1.29 is 8.42 Å². The molecule has 2 nitrogen and oxygen atoms in total. The second-order valence-corrected chi connectivity index (χ2v) is 9.20. The predicted octanol–water partition coefficient (Wildman–Crippen LogP) is 3.50. The number of halogens is 2. The Kier molecular flexibility index (Phi) is 4.72. The van der Waals surface area contributed by atoms with E-state index in [1.165, 1.54) is 4.88 Å². The lowest BCUT2D eigenvalue weighted by Crippen LogP contribution is -2.19. The van der Waals surface area contributed by atoms with Gasteiger partial charge in [-0.2, -0.15) is 0 Å². The van der Waals surface area contributed by atoms with Crippen molar-refractivity contribution in [2.75, 3.05) is 16.8 Å². The van der Waals surface area contributed by atoms with Crippen LogP contribution in [0.1, 0.15) is 11.3 Å². The number of sulfone groups is 1. The van der Waals surface area contributed by atoms with Gasteiger partial charge in [-0.15, -0.1) is 11.3 Å². The zero-order chi connectivity index (χ0) is 12.5. The van der Waals surface area contributed by atoms with E-state index < -0.39 is 9.84 Å². The normalized spacial score (nSPS) is 24.9. The van der Waals surface area contributed by atoms with Crippen LogP contribution in [0, 0.1) is 11.8 Å². The van der Waals surface area contributed by atoms with Crippen LogP contribution in [-0.4, -0.2) is 25.3 Å². The summed E-state index contributed by atoms with van der Waals surface area (Å²) in [6.45, 7) is 0. The molecule has 0 bridgehead atoms. The molecule has 1 aromatic heterocycles. The molecule has 17 heavy (non-hydrogen) atoms. The highest BCUT2D eigenvalue weighted by Gasteiger charge is 2.33. The minimum atomic E-state index is -2.77. The van der Waals surface area contributed by atoms with Gasteiger partial charge < -0.3 is 0 Å². The number of thiophene rings is 1. The van der Waals surface area contributed by atoms with Gasteiger partial charge in [0.05, 0.1) is 11.5 Å². The molecule has 6 heteroatoms. The summed E-state index contributed by atoms with van der Waals surface area (Å²) >= 11 is 8.79. The monoisotopic (exact) mass is 400 g/mol. The Morgan fingerprint density at radius 3 is 2.76 bits per heavy atom. The SMILES string of the molecule is O=S1(=O)CCC(C(CBr)Cc2sccc2Br)C1. The summed E-state index contributed by atoms with van der Waals surface area (Å²) in [6, 6.07) is 2.05. The van der Waals surface area contributed by atoms with Crippen LogP contribution in [0.5, 0.6) is 0 Å². The van der Waals surface area contributed by atoms with Crippen molar-refractivity contribution in [1.82, 2.24) is 0 Å². The first-order valence-electron chi connectivity index (χ1n) is 5.50. The largest absolute Gasteiger partial charge is 0.229 e. The van der Waals surface area contributed by atoms with Gasteiger partial charge in [-0.3, -0.25) is 0 Å². The maximum atomic E-state index is 11.5. The Morgan fingerprint density at radius 2 is 2.29 bits per heavy atom. The van der Waals surface area contributed by atoms with E-state index in [9.17, 15) is 8.42 Å². The van der Waals surface area contributed by atoms with Crippen molar-refractivity contribution in [2.45, 2.75) is 12.8 Å². The molecule has 96 valence electrons. The molecule has 1 saturated heterocycles. The van der Waals surface area contributed by atoms with Crippen LogP contribution in [0.2, 0.25) is 0 Å². The molecule has 2 heterocycles. The zero-order valence-electron chi connectivity index (χ0n) is 9.23. The smallest absolute Gasteiger partial charge is 0.150 e. The molecule has 2 unspecified atom stereocenters. The molecule has 1 aromatic rings. The Hall–Kier alpha value is 0.610. The van der Waals surface area contributed by atoms with Crippen molar-refractivity contribution in [3.8, 4) is 0 Å². The molecule has 0 radical (unpaired) electrons. The number of hydrogen-bond donors (Lipinski definition) is 0. The third-order valence-corrected chi connectivity index (χ3v) is 7.85. The molecule has 0 spiro atoms. The molecule has 0 amide bonds. The third kappa shape index (κ3) is 3.55. The van der Waals surface area contributed by atoms with E-state index in [1.54, 1.807) is 11.3 Å². The van der Waals surface area contributed by atoms with Crippen molar-refractivity contribution in [1.29, 1.82) is 0 Å². The molecule has 1 aliphatic heterocycles. The van der Waals surface area contributed by atoms with Crippen molar-refractivity contribution in [3.63, 3.8) is 0 Å². The second-order valence-electron chi connectivity index (χ2n) is 4.47. The summed E-state index contributed by atoms with van der Waals surface area (Å²) in [4.78, 5) is 1.32. The van der Waals surface area contributed by atoms with Crippen molar-refractivity contribution in [2.24, 2.45) is 11.8 Å². The van der Waals surface area contributed by atoms with Crippen LogP contribution in [0.15, 0.2) is 15.9 Å². The van der Waals surface area contributed by atoms with Crippen molar-refractivity contribution in [3.05, 3.63) is 20.8 Å². The molecular formula is C11H14Br2O2S2. The molecule has 0 saturated carbocycles. The van der Waals surface area contributed by atoms with Gasteiger partial charge in [0.15, 0.2) is 9.84 Å². The molecule has 0 N–H and O–H groups in total. The van der Waals surface area contributed by atoms with E-state index in [-0.39, 0.29) is 0 Å². The van der Waals surface area contributed by atoms with Crippen LogP contribution in [0.25, 0.3) is 0 Å². The average molecular weight is 402 g/mol. The van der Waals surface area contributed by atoms with E-state index in [1.807, 2.05) is 0 Å². The van der Waals surface area contributed by atoms with Crippen LogP contribution < -0.4 is 0 Å². The predicted molar refractivity (Wildman–Crippen MR) is 79.8 cm³/mol. The van der Waals surface area contributed by atoms with Gasteiger partial charge in [0.25, 0.3) is 0 Å². The van der Waals surface area contributed by atoms with Gasteiger partial charge in [-0.1, -0.05) is 15.9 Å². The molecular weight excluding hydrogens is 388 g/mol. The van der Waals surface area contributed by atoms with Gasteiger partial charge >= 0.3 is 0 Å². The molecule has 1 fully saturated rings. The van der Waals surface area contributed by atoms with E-state index >= 15 is 0 Å². The lowest BCUT2D eigenvalue weighted by Gasteiger charge is -2.19. The first-order valence-corrected chi connectivity index (χ1v) is 10.1. The lowest BCUT2D eigenvalue weighted by molar-refractivity contribution is 0.404. The summed E-state index contributed by atoms with van der Waals surface area (Å²) in [5, 5.41) is 2.94. The highest BCUT2D eigenvalue weighted by molar-refractivity contribution is 9.10. The summed E-state index contributed by atoms with van der Waals surface area (Å²) in [7, 11) is -2.77. The first-order chi connectivity index (χ1) is 8.02. The van der Waals surface area contributed by atoms with Crippen LogP contribution in [-0.2, 0) is 16.3 Å². The Balaban J connectivity index is 2.05. The topological polar surface area (TPSA) is 34.1 Å². The van der Waals surface area contributed by atoms with E-state index in [0.717, 1.165) is 22.6 Å². The summed E-state index contributed by atoms with van der Waals surface area (Å²) in [5.74, 6) is 1.47. The lowest BCUT2D eigenvalue weighted by atomic mass is 9.90. The molecule has 2 atom stereocenters. The fraction of sp³-hybridized carbons (Fsp3) is 0.636. The fourth-order valence-corrected chi connectivity index (χ4v) is 6.54. The Labute approximate surface area is 123 Å². The summed E-state index contributed by atoms with van der Waals surface area (Å²) in [6.07, 6.45) is 1.78. The number of rotatable bonds is 4. The average Bonchev–Trinajstić information content (AvgIpc) is 2.82. The molecule has 2 rings (SSSR count). The van der Waals surface area contributed by atoms with Crippen LogP contribution in [0.4, 0.5) is 0 Å². The molecule has 0 aromatic carbocycles. The van der Waals surface area contributed by atoms with Crippen molar-refractivity contribution >= 4 is 53.0 Å². The third-order valence-electron chi connectivity index (χ3n) is 3.27. The minimum absolute atomic E-state index is 0.313. The van der Waals surface area contributed by atoms with E-state index in [0.29, 0.717) is 23.3 Å². The maximum Gasteiger partial charge on any atom is 0.150 e. The number of hydrogen-bond acceptors (Lipinski definition) is 3. The standard InChI is InChI=1S/C11H14Br2O2S2/c12-6-9(5-11-10(13)1-3-16-11)8-2-4-17(14,15)7-8/h1,3,8-9H,2,4-7H2. The van der Waals surface area contributed by atoms with E-state index in [2.05, 4.69) is 43.3 Å².